The summed E-state index contributed by atoms with van der Waals surface area (Å²) in [6.45, 7) is 3.86. The maximum Gasteiger partial charge on any atom is 0.243 e. The number of carbonyl (C=O) groups is 2. The van der Waals surface area contributed by atoms with Gasteiger partial charge in [0.1, 0.15) is 0 Å². The first kappa shape index (κ1) is 32.1. The number of nitrogens with zero attached hydrogens (tertiary/aromatic N) is 2. The van der Waals surface area contributed by atoms with Crippen LogP contribution in [0.3, 0.4) is 0 Å². The molecule has 1 N–H and O–H groups in total. The number of carbonyl (C=O) groups excluding carboxylic acids is 2. The molecule has 222 valence electrons. The van der Waals surface area contributed by atoms with Gasteiger partial charge in [0.05, 0.1) is 38.8 Å². The number of thiophene rings is 1. The van der Waals surface area contributed by atoms with E-state index in [1.54, 1.807) is 30.5 Å². The van der Waals surface area contributed by atoms with Crippen LogP contribution < -0.4 is 14.8 Å². The van der Waals surface area contributed by atoms with Crippen LogP contribution in [0.2, 0.25) is 0 Å². The lowest BCUT2D eigenvalue weighted by Gasteiger charge is -2.27. The van der Waals surface area contributed by atoms with Crippen molar-refractivity contribution in [3.8, 4) is 11.5 Å². The summed E-state index contributed by atoms with van der Waals surface area (Å²) in [5, 5.41) is 4.59. The number of sulfonamides is 1. The largest absolute Gasteiger partial charge is 0.493 e. The fourth-order valence-corrected chi connectivity index (χ4v) is 6.42. The van der Waals surface area contributed by atoms with Crippen LogP contribution in [-0.2, 0) is 37.3 Å². The molecule has 3 aromatic rings. The third kappa shape index (κ3) is 8.77. The quantitative estimate of drug-likeness (QED) is 0.280. The van der Waals surface area contributed by atoms with Crippen molar-refractivity contribution in [1.29, 1.82) is 0 Å². The maximum absolute atomic E-state index is 13.7. The lowest BCUT2D eigenvalue weighted by molar-refractivity contribution is -0.132. The summed E-state index contributed by atoms with van der Waals surface area (Å²) in [5.74, 6) is 0.621. The summed E-state index contributed by atoms with van der Waals surface area (Å²) in [5.41, 5.74) is 2.50. The van der Waals surface area contributed by atoms with E-state index in [0.29, 0.717) is 36.7 Å². The van der Waals surface area contributed by atoms with E-state index < -0.39 is 10.0 Å². The van der Waals surface area contributed by atoms with Crippen LogP contribution in [-0.4, -0.2) is 77.0 Å². The minimum Gasteiger partial charge on any atom is -0.493 e. The topological polar surface area (TPSA) is 114 Å². The lowest BCUT2D eigenvalue weighted by atomic mass is 10.1. The normalized spacial score (nSPS) is 11.4. The summed E-state index contributed by atoms with van der Waals surface area (Å²) in [6, 6.07) is 13.5. The summed E-state index contributed by atoms with van der Waals surface area (Å²) < 4.78 is 44.2. The van der Waals surface area contributed by atoms with Crippen LogP contribution in [0, 0.1) is 6.92 Å². The Hall–Kier alpha value is -3.45. The minimum absolute atomic E-state index is 0.000427. The zero-order valence-corrected chi connectivity index (χ0v) is 25.6. The van der Waals surface area contributed by atoms with Crippen LogP contribution >= 0.6 is 11.3 Å². The first-order valence-electron chi connectivity index (χ1n) is 13.0. The molecule has 0 spiro atoms. The van der Waals surface area contributed by atoms with Gasteiger partial charge in [-0.2, -0.15) is 4.31 Å². The number of hydrogen-bond donors (Lipinski definition) is 1. The Bertz CT molecular complexity index is 1420. The van der Waals surface area contributed by atoms with Gasteiger partial charge in [0, 0.05) is 37.7 Å². The van der Waals surface area contributed by atoms with E-state index in [-0.39, 0.29) is 36.4 Å². The molecule has 41 heavy (non-hydrogen) atoms. The molecule has 0 fully saturated rings. The fraction of sp³-hybridized carbons (Fsp3) is 0.379. The van der Waals surface area contributed by atoms with Crippen molar-refractivity contribution in [2.75, 3.05) is 52.9 Å². The number of aryl methyl sites for hydroxylation is 1. The molecule has 10 nitrogen and oxygen atoms in total. The van der Waals surface area contributed by atoms with Gasteiger partial charge in [-0.3, -0.25) is 9.59 Å². The van der Waals surface area contributed by atoms with Gasteiger partial charge in [-0.25, -0.2) is 8.42 Å². The molecule has 12 heteroatoms. The Balaban J connectivity index is 1.84. The molecule has 0 unspecified atom stereocenters. The van der Waals surface area contributed by atoms with Gasteiger partial charge in [-0.1, -0.05) is 6.07 Å². The van der Waals surface area contributed by atoms with Gasteiger partial charge in [0.25, 0.3) is 0 Å². The molecule has 0 atom stereocenters. The number of hydrogen-bond acceptors (Lipinski definition) is 8. The second kappa shape index (κ2) is 15.0. The lowest BCUT2D eigenvalue weighted by Crippen LogP contribution is -2.44. The average Bonchev–Trinajstić information content (AvgIpc) is 3.36. The molecule has 3 rings (SSSR count). The molecular weight excluding hydrogens is 566 g/mol. The zero-order valence-electron chi connectivity index (χ0n) is 24.0. The van der Waals surface area contributed by atoms with Gasteiger partial charge in [-0.15, -0.1) is 11.3 Å². The van der Waals surface area contributed by atoms with Crippen LogP contribution in [0.15, 0.2) is 58.8 Å². The number of anilines is 1. The maximum atomic E-state index is 13.7. The van der Waals surface area contributed by atoms with Crippen LogP contribution in [0.25, 0.3) is 0 Å². The van der Waals surface area contributed by atoms with Crippen LogP contribution in [0.1, 0.15) is 22.9 Å². The second-order valence-corrected chi connectivity index (χ2v) is 12.3. The molecular formula is C29H37N3O7S2. The number of rotatable bonds is 15. The summed E-state index contributed by atoms with van der Waals surface area (Å²) in [4.78, 5) is 27.8. The average molecular weight is 604 g/mol. The van der Waals surface area contributed by atoms with Crippen molar-refractivity contribution >= 4 is 38.9 Å². The number of nitrogens with one attached hydrogen (secondary N) is 1. The van der Waals surface area contributed by atoms with Crippen molar-refractivity contribution in [3.05, 3.63) is 69.9 Å². The molecule has 0 aliphatic heterocycles. The molecule has 1 aromatic heterocycles. The minimum atomic E-state index is -4.04. The van der Waals surface area contributed by atoms with E-state index in [0.717, 1.165) is 20.3 Å². The zero-order chi connectivity index (χ0) is 30.0. The molecule has 2 amide bonds. The van der Waals surface area contributed by atoms with E-state index in [4.69, 9.17) is 14.2 Å². The van der Waals surface area contributed by atoms with Crippen LogP contribution in [0.5, 0.6) is 11.5 Å². The summed E-state index contributed by atoms with van der Waals surface area (Å²) in [6.07, 6.45) is 0.534. The first-order chi connectivity index (χ1) is 19.6. The predicted molar refractivity (Wildman–Crippen MR) is 159 cm³/mol. The number of benzene rings is 2. The first-order valence-corrected chi connectivity index (χ1v) is 15.3. The van der Waals surface area contributed by atoms with Crippen molar-refractivity contribution in [3.63, 3.8) is 0 Å². The Labute approximate surface area is 245 Å². The number of ether oxygens (including phenoxy) is 3. The molecule has 0 saturated carbocycles. The highest BCUT2D eigenvalue weighted by molar-refractivity contribution is 7.89. The van der Waals surface area contributed by atoms with Gasteiger partial charge < -0.3 is 24.4 Å². The Morgan fingerprint density at radius 3 is 2.24 bits per heavy atom. The molecule has 1 heterocycles. The standard InChI is InChI=1S/C29H37N3O7S2/c1-21-13-17-40-28(21)19-31(14-12-23-6-11-26(38-4)27(18-23)39-5)29(34)20-32(15-16-37-3)41(35,36)25-9-7-24(8-10-25)30-22(2)33/h6-11,13,17-18H,12,14-16,19-20H2,1-5H3,(H,30,33). The van der Waals surface area contributed by atoms with E-state index in [1.807, 2.05) is 36.6 Å². The van der Waals surface area contributed by atoms with Gasteiger partial charge in [0.15, 0.2) is 11.5 Å². The van der Waals surface area contributed by atoms with Crippen molar-refractivity contribution in [2.45, 2.75) is 31.7 Å². The Morgan fingerprint density at radius 1 is 0.951 bits per heavy atom. The van der Waals surface area contributed by atoms with E-state index in [2.05, 4.69) is 5.32 Å². The van der Waals surface area contributed by atoms with Gasteiger partial charge in [-0.05, 0) is 72.3 Å². The highest BCUT2D eigenvalue weighted by Gasteiger charge is 2.29. The number of amides is 2. The van der Waals surface area contributed by atoms with Crippen LogP contribution in [0.4, 0.5) is 5.69 Å². The molecule has 0 saturated heterocycles. The van der Waals surface area contributed by atoms with Gasteiger partial charge >= 0.3 is 0 Å². The fourth-order valence-electron chi connectivity index (χ4n) is 4.12. The number of methoxy groups -OCH3 is 3. The highest BCUT2D eigenvalue weighted by Crippen LogP contribution is 2.28. The summed E-state index contributed by atoms with van der Waals surface area (Å²) in [7, 11) is 0.581. The molecule has 0 aliphatic carbocycles. The van der Waals surface area contributed by atoms with E-state index in [9.17, 15) is 18.0 Å². The third-order valence-electron chi connectivity index (χ3n) is 6.44. The summed E-state index contributed by atoms with van der Waals surface area (Å²) >= 11 is 1.56. The van der Waals surface area contributed by atoms with Gasteiger partial charge in [0.2, 0.25) is 21.8 Å². The second-order valence-electron chi connectivity index (χ2n) is 9.32. The van der Waals surface area contributed by atoms with Crippen molar-refractivity contribution in [1.82, 2.24) is 9.21 Å². The molecule has 0 aliphatic rings. The molecule has 0 radical (unpaired) electrons. The SMILES string of the molecule is COCCN(CC(=O)N(CCc1ccc(OC)c(OC)c1)Cc1sccc1C)S(=O)(=O)c1ccc(NC(C)=O)cc1. The van der Waals surface area contributed by atoms with E-state index >= 15 is 0 Å². The molecule has 0 bridgehead atoms. The van der Waals surface area contributed by atoms with Crippen molar-refractivity contribution < 1.29 is 32.2 Å². The predicted octanol–water partition coefficient (Wildman–Crippen LogP) is 3.94. The highest BCUT2D eigenvalue weighted by atomic mass is 32.2. The molecule has 2 aromatic carbocycles. The van der Waals surface area contributed by atoms with Crippen molar-refractivity contribution in [2.24, 2.45) is 0 Å². The van der Waals surface area contributed by atoms with E-state index in [1.165, 1.54) is 38.3 Å². The third-order valence-corrected chi connectivity index (χ3v) is 9.31. The smallest absolute Gasteiger partial charge is 0.243 e. The Kier molecular flexibility index (Phi) is 11.7. The monoisotopic (exact) mass is 603 g/mol. The Morgan fingerprint density at radius 2 is 1.66 bits per heavy atom.